The third-order valence-corrected chi connectivity index (χ3v) is 4.23. The zero-order chi connectivity index (χ0) is 18.0. The Kier molecular flexibility index (Phi) is 5.19. The van der Waals surface area contributed by atoms with Crippen molar-refractivity contribution in [1.82, 2.24) is 0 Å². The van der Waals surface area contributed by atoms with Crippen molar-refractivity contribution in [3.8, 4) is 5.75 Å². The molecule has 0 saturated heterocycles. The molecule has 0 unspecified atom stereocenters. The smallest absolute Gasteiger partial charge is 0.363 e. The van der Waals surface area contributed by atoms with Crippen LogP contribution < -0.4 is 4.74 Å². The van der Waals surface area contributed by atoms with Crippen molar-refractivity contribution >= 4 is 55.8 Å². The van der Waals surface area contributed by atoms with Gasteiger partial charge >= 0.3 is 11.9 Å². The van der Waals surface area contributed by atoms with Gasteiger partial charge in [-0.3, -0.25) is 4.79 Å². The second kappa shape index (κ2) is 7.37. The van der Waals surface area contributed by atoms with Crippen LogP contribution in [-0.4, -0.2) is 17.8 Å². The van der Waals surface area contributed by atoms with Gasteiger partial charge in [0.15, 0.2) is 17.2 Å². The Bertz CT molecular complexity index is 900. The van der Waals surface area contributed by atoms with Crippen LogP contribution >= 0.6 is 31.9 Å². The lowest BCUT2D eigenvalue weighted by Crippen LogP contribution is -2.07. The number of aliphatic imine (C=N–C) groups is 1. The molecule has 0 spiro atoms. The number of benzene rings is 1. The summed E-state index contributed by atoms with van der Waals surface area (Å²) in [6.07, 6.45) is 3.18. The number of hydrogen-bond acceptors (Lipinski definition) is 6. The van der Waals surface area contributed by atoms with E-state index in [2.05, 4.69) is 36.9 Å². The van der Waals surface area contributed by atoms with Crippen LogP contribution in [0.15, 0.2) is 54.6 Å². The van der Waals surface area contributed by atoms with E-state index in [1.54, 1.807) is 31.2 Å². The zero-order valence-electron chi connectivity index (χ0n) is 12.9. The zero-order valence-corrected chi connectivity index (χ0v) is 16.1. The van der Waals surface area contributed by atoms with Gasteiger partial charge in [0, 0.05) is 16.5 Å². The van der Waals surface area contributed by atoms with Gasteiger partial charge in [-0.25, -0.2) is 9.79 Å². The summed E-state index contributed by atoms with van der Waals surface area (Å²) in [7, 11) is 0. The second-order valence-corrected chi connectivity index (χ2v) is 6.72. The van der Waals surface area contributed by atoms with Crippen molar-refractivity contribution in [3.05, 3.63) is 56.5 Å². The molecule has 1 aromatic carbocycles. The molecule has 0 atom stereocenters. The Balaban J connectivity index is 2.02. The maximum atomic E-state index is 12.1. The van der Waals surface area contributed by atoms with Gasteiger partial charge in [-0.1, -0.05) is 22.9 Å². The Hall–Kier alpha value is -2.19. The summed E-state index contributed by atoms with van der Waals surface area (Å²) in [5.41, 5.74) is 0.574. The van der Waals surface area contributed by atoms with Gasteiger partial charge in [-0.15, -0.1) is 0 Å². The highest BCUT2D eigenvalue weighted by Crippen LogP contribution is 2.35. The molecule has 3 rings (SSSR count). The monoisotopic (exact) mass is 467 g/mol. The van der Waals surface area contributed by atoms with Crippen LogP contribution in [-0.2, 0) is 14.3 Å². The van der Waals surface area contributed by atoms with E-state index in [1.807, 2.05) is 0 Å². The molecular weight excluding hydrogens is 458 g/mol. The van der Waals surface area contributed by atoms with E-state index in [4.69, 9.17) is 13.9 Å². The third kappa shape index (κ3) is 3.91. The minimum absolute atomic E-state index is 0.0743. The van der Waals surface area contributed by atoms with Crippen molar-refractivity contribution in [2.45, 2.75) is 13.3 Å². The summed E-state index contributed by atoms with van der Waals surface area (Å²) in [6, 6.07) is 6.76. The van der Waals surface area contributed by atoms with E-state index < -0.39 is 11.9 Å². The maximum absolute atomic E-state index is 12.1. The Morgan fingerprint density at radius 2 is 2.16 bits per heavy atom. The minimum atomic E-state index is -0.615. The summed E-state index contributed by atoms with van der Waals surface area (Å²) in [4.78, 5) is 27.9. The fraction of sp³-hybridized carbons (Fsp3) is 0.118. The molecule has 0 saturated carbocycles. The van der Waals surface area contributed by atoms with Gasteiger partial charge in [-0.05, 0) is 46.3 Å². The van der Waals surface area contributed by atoms with Gasteiger partial charge < -0.3 is 13.9 Å². The molecule has 25 heavy (non-hydrogen) atoms. The summed E-state index contributed by atoms with van der Waals surface area (Å²) >= 11 is 6.73. The van der Waals surface area contributed by atoms with Crippen LogP contribution in [0.4, 0.5) is 0 Å². The first-order chi connectivity index (χ1) is 12.0. The molecule has 128 valence electrons. The van der Waals surface area contributed by atoms with Crippen LogP contribution in [0.1, 0.15) is 24.7 Å². The van der Waals surface area contributed by atoms with Crippen molar-refractivity contribution < 1.29 is 23.5 Å². The average Bonchev–Trinajstić information content (AvgIpc) is 3.21. The molecule has 0 aliphatic carbocycles. The number of ether oxygens (including phenoxy) is 2. The standard InChI is InChI=1S/C17H11Br2NO5/c1-2-14(21)24-15-9(6-10(18)8-11(15)19)7-12-17(22)25-16(20-12)13-4-3-5-23-13/h3-8H,2H2,1H3/b12-7+. The summed E-state index contributed by atoms with van der Waals surface area (Å²) in [6.45, 7) is 1.70. The molecule has 0 N–H and O–H groups in total. The van der Waals surface area contributed by atoms with E-state index in [0.29, 0.717) is 21.5 Å². The lowest BCUT2D eigenvalue weighted by atomic mass is 10.1. The Labute approximate surface area is 159 Å². The quantitative estimate of drug-likeness (QED) is 0.376. The first-order valence-corrected chi connectivity index (χ1v) is 8.82. The van der Waals surface area contributed by atoms with Crippen molar-refractivity contribution in [3.63, 3.8) is 0 Å². The molecule has 1 aliphatic heterocycles. The number of hydrogen-bond donors (Lipinski definition) is 0. The highest BCUT2D eigenvalue weighted by atomic mass is 79.9. The van der Waals surface area contributed by atoms with Crippen LogP contribution in [0.3, 0.4) is 0 Å². The van der Waals surface area contributed by atoms with E-state index in [-0.39, 0.29) is 18.0 Å². The minimum Gasteiger partial charge on any atom is -0.459 e. The van der Waals surface area contributed by atoms with Gasteiger partial charge in [0.1, 0.15) is 0 Å². The molecule has 1 aromatic heterocycles. The van der Waals surface area contributed by atoms with E-state index in [0.717, 1.165) is 4.47 Å². The van der Waals surface area contributed by atoms with E-state index in [9.17, 15) is 9.59 Å². The topological polar surface area (TPSA) is 78.1 Å². The number of carbonyl (C=O) groups is 2. The molecule has 1 aliphatic rings. The van der Waals surface area contributed by atoms with Crippen molar-refractivity contribution in [2.24, 2.45) is 4.99 Å². The third-order valence-electron chi connectivity index (χ3n) is 3.19. The van der Waals surface area contributed by atoms with Crippen LogP contribution in [0.2, 0.25) is 0 Å². The van der Waals surface area contributed by atoms with Gasteiger partial charge in [0.05, 0.1) is 10.7 Å². The van der Waals surface area contributed by atoms with Crippen molar-refractivity contribution in [2.75, 3.05) is 0 Å². The number of rotatable bonds is 4. The predicted octanol–water partition coefficient (Wildman–Crippen LogP) is 4.46. The molecule has 0 fully saturated rings. The predicted molar refractivity (Wildman–Crippen MR) is 97.1 cm³/mol. The van der Waals surface area contributed by atoms with E-state index in [1.165, 1.54) is 12.3 Å². The average molecular weight is 469 g/mol. The van der Waals surface area contributed by atoms with Gasteiger partial charge in [0.2, 0.25) is 0 Å². The number of carbonyl (C=O) groups excluding carboxylic acids is 2. The van der Waals surface area contributed by atoms with Gasteiger partial charge in [0.25, 0.3) is 5.90 Å². The lowest BCUT2D eigenvalue weighted by molar-refractivity contribution is -0.134. The van der Waals surface area contributed by atoms with Crippen molar-refractivity contribution in [1.29, 1.82) is 0 Å². The van der Waals surface area contributed by atoms with Gasteiger partial charge in [-0.2, -0.15) is 0 Å². The molecule has 2 heterocycles. The second-order valence-electron chi connectivity index (χ2n) is 4.95. The fourth-order valence-corrected chi connectivity index (χ4v) is 3.38. The number of halogens is 2. The Morgan fingerprint density at radius 1 is 1.36 bits per heavy atom. The number of nitrogens with zero attached hydrogens (tertiary/aromatic N) is 1. The summed E-state index contributed by atoms with van der Waals surface area (Å²) in [5.74, 6) is -0.268. The number of esters is 2. The summed E-state index contributed by atoms with van der Waals surface area (Å²) < 4.78 is 16.9. The molecule has 6 nitrogen and oxygen atoms in total. The molecule has 0 bridgehead atoms. The summed E-state index contributed by atoms with van der Waals surface area (Å²) in [5, 5.41) is 0. The SMILES string of the molecule is CCC(=O)Oc1c(Br)cc(Br)cc1/C=C1/N=C(c2ccco2)OC1=O. The molecule has 2 aromatic rings. The Morgan fingerprint density at radius 3 is 2.84 bits per heavy atom. The normalized spacial score (nSPS) is 15.2. The lowest BCUT2D eigenvalue weighted by Gasteiger charge is -2.10. The van der Waals surface area contributed by atoms with Crippen LogP contribution in [0, 0.1) is 0 Å². The van der Waals surface area contributed by atoms with Crippen LogP contribution in [0.25, 0.3) is 6.08 Å². The largest absolute Gasteiger partial charge is 0.459 e. The molecule has 8 heteroatoms. The highest BCUT2D eigenvalue weighted by molar-refractivity contribution is 9.11. The highest BCUT2D eigenvalue weighted by Gasteiger charge is 2.26. The molecular formula is C17H11Br2NO5. The fourth-order valence-electron chi connectivity index (χ4n) is 2.04. The maximum Gasteiger partial charge on any atom is 0.363 e. The first kappa shape index (κ1) is 17.6. The molecule has 0 amide bonds. The first-order valence-electron chi connectivity index (χ1n) is 7.24. The number of furan rings is 1. The number of cyclic esters (lactones) is 1. The van der Waals surface area contributed by atoms with E-state index >= 15 is 0 Å². The van der Waals surface area contributed by atoms with Crippen LogP contribution in [0.5, 0.6) is 5.75 Å². The molecule has 0 radical (unpaired) electrons.